The summed E-state index contributed by atoms with van der Waals surface area (Å²) >= 11 is 3.83. The van der Waals surface area contributed by atoms with Gasteiger partial charge < -0.3 is 0 Å². The van der Waals surface area contributed by atoms with Gasteiger partial charge in [-0.1, -0.05) is 60.7 Å². The van der Waals surface area contributed by atoms with Gasteiger partial charge in [0, 0.05) is 19.3 Å². The summed E-state index contributed by atoms with van der Waals surface area (Å²) in [6, 6.07) is 30.4. The molecule has 0 N–H and O–H groups in total. The minimum atomic E-state index is 0.0548. The molecule has 0 spiro atoms. The molecule has 0 saturated carbocycles. The van der Waals surface area contributed by atoms with E-state index in [9.17, 15) is 0 Å². The number of benzene rings is 3. The van der Waals surface area contributed by atoms with Crippen LogP contribution in [0.2, 0.25) is 0 Å². The summed E-state index contributed by atoms with van der Waals surface area (Å²) in [6.45, 7) is 9.14. The van der Waals surface area contributed by atoms with E-state index in [1.54, 1.807) is 0 Å². The van der Waals surface area contributed by atoms with Crippen molar-refractivity contribution in [3.63, 3.8) is 0 Å². The summed E-state index contributed by atoms with van der Waals surface area (Å²) in [5.74, 6) is 0. The first-order valence-corrected chi connectivity index (χ1v) is 10.6. The SMILES string of the molecule is CC(C)(Sc1ccc(SC(C)(C)c2ccccc2)cc1)c1ccccc1. The van der Waals surface area contributed by atoms with Crippen molar-refractivity contribution < 1.29 is 0 Å². The van der Waals surface area contributed by atoms with E-state index in [-0.39, 0.29) is 9.49 Å². The second-order valence-corrected chi connectivity index (χ2v) is 10.8. The molecule has 134 valence electrons. The Morgan fingerprint density at radius 1 is 0.462 bits per heavy atom. The van der Waals surface area contributed by atoms with Crippen molar-refractivity contribution in [3.8, 4) is 0 Å². The van der Waals surface area contributed by atoms with Crippen LogP contribution in [0.1, 0.15) is 38.8 Å². The molecular formula is C24H26S2. The van der Waals surface area contributed by atoms with Gasteiger partial charge in [0.1, 0.15) is 0 Å². The van der Waals surface area contributed by atoms with Gasteiger partial charge in [0.2, 0.25) is 0 Å². The molecule has 0 saturated heterocycles. The second kappa shape index (κ2) is 7.94. The highest BCUT2D eigenvalue weighted by molar-refractivity contribution is 8.00. The van der Waals surface area contributed by atoms with E-state index in [0.717, 1.165) is 0 Å². The summed E-state index contributed by atoms with van der Waals surface area (Å²) in [5, 5.41) is 0. The lowest BCUT2D eigenvalue weighted by molar-refractivity contribution is 0.780. The predicted octanol–water partition coefficient (Wildman–Crippen LogP) is 7.74. The molecule has 3 rings (SSSR count). The number of thioether (sulfide) groups is 2. The van der Waals surface area contributed by atoms with Crippen LogP contribution in [0.4, 0.5) is 0 Å². The highest BCUT2D eigenvalue weighted by Crippen LogP contribution is 2.43. The molecule has 0 bridgehead atoms. The molecule has 3 aromatic carbocycles. The number of hydrogen-bond acceptors (Lipinski definition) is 2. The minimum Gasteiger partial charge on any atom is -0.115 e. The minimum absolute atomic E-state index is 0.0548. The molecule has 0 unspecified atom stereocenters. The third-order valence-corrected chi connectivity index (χ3v) is 7.02. The van der Waals surface area contributed by atoms with Crippen LogP contribution in [0.25, 0.3) is 0 Å². The van der Waals surface area contributed by atoms with E-state index in [1.807, 2.05) is 23.5 Å². The molecule has 0 fully saturated rings. The molecule has 2 heteroatoms. The molecule has 0 aliphatic heterocycles. The molecular weight excluding hydrogens is 352 g/mol. The third-order valence-electron chi connectivity index (χ3n) is 4.51. The van der Waals surface area contributed by atoms with Crippen molar-refractivity contribution in [2.75, 3.05) is 0 Å². The number of rotatable bonds is 6. The molecule has 0 radical (unpaired) electrons. The van der Waals surface area contributed by atoms with Crippen LogP contribution in [-0.2, 0) is 9.49 Å². The monoisotopic (exact) mass is 378 g/mol. The van der Waals surface area contributed by atoms with Crippen LogP contribution < -0.4 is 0 Å². The van der Waals surface area contributed by atoms with Crippen LogP contribution in [0.15, 0.2) is 94.7 Å². The third kappa shape index (κ3) is 4.75. The fourth-order valence-corrected chi connectivity index (χ4v) is 5.19. The van der Waals surface area contributed by atoms with Gasteiger partial charge in [0.25, 0.3) is 0 Å². The van der Waals surface area contributed by atoms with E-state index >= 15 is 0 Å². The van der Waals surface area contributed by atoms with Crippen molar-refractivity contribution in [1.29, 1.82) is 0 Å². The summed E-state index contributed by atoms with van der Waals surface area (Å²) in [7, 11) is 0. The molecule has 0 aromatic heterocycles. The quantitative estimate of drug-likeness (QED) is 0.402. The van der Waals surface area contributed by atoms with E-state index in [1.165, 1.54) is 20.9 Å². The highest BCUT2D eigenvalue weighted by atomic mass is 32.2. The van der Waals surface area contributed by atoms with Gasteiger partial charge in [-0.15, -0.1) is 23.5 Å². The number of hydrogen-bond donors (Lipinski definition) is 0. The topological polar surface area (TPSA) is 0 Å². The second-order valence-electron chi connectivity index (χ2n) is 7.43. The Hall–Kier alpha value is -1.64. The van der Waals surface area contributed by atoms with Gasteiger partial charge in [-0.25, -0.2) is 0 Å². The molecule has 0 aliphatic rings. The average molecular weight is 379 g/mol. The van der Waals surface area contributed by atoms with Crippen molar-refractivity contribution >= 4 is 23.5 Å². The van der Waals surface area contributed by atoms with E-state index < -0.39 is 0 Å². The lowest BCUT2D eigenvalue weighted by Gasteiger charge is -2.26. The summed E-state index contributed by atoms with van der Waals surface area (Å²) < 4.78 is 0.110. The molecule has 0 heterocycles. The van der Waals surface area contributed by atoms with Gasteiger partial charge in [-0.2, -0.15) is 0 Å². The Labute approximate surface area is 166 Å². The average Bonchev–Trinajstić information content (AvgIpc) is 2.64. The normalized spacial score (nSPS) is 12.2. The van der Waals surface area contributed by atoms with Gasteiger partial charge in [-0.05, 0) is 63.1 Å². The first-order valence-electron chi connectivity index (χ1n) is 8.96. The van der Waals surface area contributed by atoms with E-state index in [4.69, 9.17) is 0 Å². The van der Waals surface area contributed by atoms with Crippen molar-refractivity contribution in [3.05, 3.63) is 96.1 Å². The Kier molecular flexibility index (Phi) is 5.84. The predicted molar refractivity (Wildman–Crippen MR) is 117 cm³/mol. The maximum atomic E-state index is 2.29. The zero-order chi connectivity index (χ0) is 18.6. The van der Waals surface area contributed by atoms with Gasteiger partial charge >= 0.3 is 0 Å². The van der Waals surface area contributed by atoms with Gasteiger partial charge in [0.05, 0.1) is 0 Å². The smallest absolute Gasteiger partial charge is 0.0399 e. The van der Waals surface area contributed by atoms with Crippen LogP contribution in [0.5, 0.6) is 0 Å². The maximum absolute atomic E-state index is 2.29. The van der Waals surface area contributed by atoms with E-state index in [0.29, 0.717) is 0 Å². The molecule has 0 atom stereocenters. The molecule has 26 heavy (non-hydrogen) atoms. The summed E-state index contributed by atoms with van der Waals surface area (Å²) in [5.41, 5.74) is 2.71. The van der Waals surface area contributed by atoms with Crippen LogP contribution in [0.3, 0.4) is 0 Å². The lowest BCUT2D eigenvalue weighted by Crippen LogP contribution is -2.12. The molecule has 3 aromatic rings. The first-order chi connectivity index (χ1) is 12.4. The molecule has 0 amide bonds. The standard InChI is InChI=1S/C24H26S2/c1-23(2,19-11-7-5-8-12-19)25-21-15-17-22(18-16-21)26-24(3,4)20-13-9-6-10-14-20/h5-18H,1-4H3. The van der Waals surface area contributed by atoms with Crippen molar-refractivity contribution in [2.45, 2.75) is 47.0 Å². The Bertz CT molecular complexity index is 747. The van der Waals surface area contributed by atoms with Crippen LogP contribution in [0, 0.1) is 0 Å². The van der Waals surface area contributed by atoms with Crippen molar-refractivity contribution in [1.82, 2.24) is 0 Å². The molecule has 0 nitrogen and oxygen atoms in total. The van der Waals surface area contributed by atoms with Crippen molar-refractivity contribution in [2.24, 2.45) is 0 Å². The fourth-order valence-electron chi connectivity index (χ4n) is 2.96. The molecule has 0 aliphatic carbocycles. The summed E-state index contributed by atoms with van der Waals surface area (Å²) in [4.78, 5) is 2.61. The van der Waals surface area contributed by atoms with Gasteiger partial charge in [0.15, 0.2) is 0 Å². The largest absolute Gasteiger partial charge is 0.115 e. The highest BCUT2D eigenvalue weighted by Gasteiger charge is 2.23. The van der Waals surface area contributed by atoms with Crippen LogP contribution in [-0.4, -0.2) is 0 Å². The van der Waals surface area contributed by atoms with E-state index in [2.05, 4.69) is 113 Å². The first kappa shape index (κ1) is 19.1. The van der Waals surface area contributed by atoms with Gasteiger partial charge in [-0.3, -0.25) is 0 Å². The van der Waals surface area contributed by atoms with Crippen LogP contribution >= 0.6 is 23.5 Å². The zero-order valence-electron chi connectivity index (χ0n) is 15.9. The lowest BCUT2D eigenvalue weighted by atomic mass is 10.0. The Balaban J connectivity index is 1.71. The summed E-state index contributed by atoms with van der Waals surface area (Å²) in [6.07, 6.45) is 0. The zero-order valence-corrected chi connectivity index (χ0v) is 17.5. The maximum Gasteiger partial charge on any atom is 0.0399 e. The Morgan fingerprint density at radius 2 is 0.769 bits per heavy atom. The Morgan fingerprint density at radius 3 is 1.08 bits per heavy atom. The fraction of sp³-hybridized carbons (Fsp3) is 0.250.